The molecule has 0 spiro atoms. The number of aliphatic hydroxyl groups is 1. The number of nitrogens with one attached hydrogen (secondary N) is 4. The average molecular weight is 623 g/mol. The minimum atomic E-state index is -1.02. The van der Waals surface area contributed by atoms with Gasteiger partial charge in [-0.1, -0.05) is 34.6 Å². The van der Waals surface area contributed by atoms with E-state index in [1.807, 2.05) is 47.8 Å². The highest BCUT2D eigenvalue weighted by atomic mass is 32.2. The molecule has 0 saturated heterocycles. The molecular formula is C32H54N4O6S. The number of aliphatic hydroxyl groups excluding tert-OH is 1. The van der Waals surface area contributed by atoms with E-state index >= 15 is 0 Å². The molecule has 43 heavy (non-hydrogen) atoms. The minimum absolute atomic E-state index is 0.0561. The summed E-state index contributed by atoms with van der Waals surface area (Å²) < 4.78 is 5.15. The fraction of sp³-hybridized carbons (Fsp3) is 0.688. The Balaban J connectivity index is 2.98. The number of hydrogen-bond donors (Lipinski definition) is 5. The Hall–Kier alpha value is -2.79. The Morgan fingerprint density at radius 3 is 1.86 bits per heavy atom. The van der Waals surface area contributed by atoms with Crippen molar-refractivity contribution in [3.8, 4) is 5.75 Å². The standard InChI is InChI=1S/C32H54N4O6S/c1-19(2)16-26(28(37)18-22(7)29(38)36-27(17-20(3)4)32(41)33-21(5)6)35-31(40)25(14-15-43-9)34-30(39)23-10-12-24(42-8)13-11-23/h10-13,19-22,25-28,37H,14-18H2,1-9H3,(H,33,41)(H,34,39)(H,35,40)(H,36,38)/t22-,25+,26+,27+,28+/m1/s1. The fourth-order valence-corrected chi connectivity index (χ4v) is 5.10. The number of carbonyl (C=O) groups is 4. The van der Waals surface area contributed by atoms with Crippen LogP contribution in [0.1, 0.15) is 84.5 Å². The molecular weight excluding hydrogens is 568 g/mol. The summed E-state index contributed by atoms with van der Waals surface area (Å²) in [4.78, 5) is 52.2. The van der Waals surface area contributed by atoms with Gasteiger partial charge in [0.05, 0.1) is 19.3 Å². The molecule has 0 bridgehead atoms. The first-order valence-corrected chi connectivity index (χ1v) is 16.6. The van der Waals surface area contributed by atoms with Crippen LogP contribution in [0, 0.1) is 17.8 Å². The molecule has 0 unspecified atom stereocenters. The highest BCUT2D eigenvalue weighted by Crippen LogP contribution is 2.18. The van der Waals surface area contributed by atoms with Crippen molar-refractivity contribution in [2.75, 3.05) is 19.1 Å². The Bertz CT molecular complexity index is 1020. The normalized spacial score (nSPS) is 14.9. The van der Waals surface area contributed by atoms with Crippen LogP contribution in [0.5, 0.6) is 5.75 Å². The second kappa shape index (κ2) is 19.5. The van der Waals surface area contributed by atoms with Crippen LogP contribution in [-0.4, -0.2) is 78.1 Å². The topological polar surface area (TPSA) is 146 Å². The number of ether oxygens (including phenoxy) is 1. The fourth-order valence-electron chi connectivity index (χ4n) is 4.63. The van der Waals surface area contributed by atoms with Gasteiger partial charge in [-0.15, -0.1) is 0 Å². The number of thioether (sulfide) groups is 1. The number of methoxy groups -OCH3 is 1. The van der Waals surface area contributed by atoms with Crippen molar-refractivity contribution in [3.05, 3.63) is 29.8 Å². The van der Waals surface area contributed by atoms with Crippen LogP contribution in [0.3, 0.4) is 0 Å². The second-order valence-electron chi connectivity index (χ2n) is 12.3. The zero-order chi connectivity index (χ0) is 32.7. The minimum Gasteiger partial charge on any atom is -0.497 e. The molecule has 0 aliphatic rings. The summed E-state index contributed by atoms with van der Waals surface area (Å²) in [5, 5.41) is 22.7. The van der Waals surface area contributed by atoms with Gasteiger partial charge in [0.1, 0.15) is 17.8 Å². The van der Waals surface area contributed by atoms with E-state index in [-0.39, 0.29) is 47.9 Å². The molecule has 11 heteroatoms. The van der Waals surface area contributed by atoms with Crippen molar-refractivity contribution >= 4 is 35.4 Å². The molecule has 244 valence electrons. The highest BCUT2D eigenvalue weighted by molar-refractivity contribution is 7.98. The first-order valence-electron chi connectivity index (χ1n) is 15.2. The maximum atomic E-state index is 13.5. The van der Waals surface area contributed by atoms with Gasteiger partial charge >= 0.3 is 0 Å². The third-order valence-corrected chi connectivity index (χ3v) is 7.56. The van der Waals surface area contributed by atoms with Crippen molar-refractivity contribution in [2.24, 2.45) is 17.8 Å². The molecule has 0 heterocycles. The molecule has 0 fully saturated rings. The molecule has 0 aromatic heterocycles. The highest BCUT2D eigenvalue weighted by Gasteiger charge is 2.31. The number of amides is 4. The second-order valence-corrected chi connectivity index (χ2v) is 13.3. The van der Waals surface area contributed by atoms with E-state index in [1.54, 1.807) is 50.1 Å². The van der Waals surface area contributed by atoms with Crippen LogP contribution in [0.2, 0.25) is 0 Å². The molecule has 0 saturated carbocycles. The Kier molecular flexibility index (Phi) is 17.3. The number of rotatable bonds is 19. The van der Waals surface area contributed by atoms with Gasteiger partial charge in [-0.2, -0.15) is 11.8 Å². The summed E-state index contributed by atoms with van der Waals surface area (Å²) >= 11 is 1.57. The van der Waals surface area contributed by atoms with Crippen molar-refractivity contribution in [2.45, 2.75) is 104 Å². The first kappa shape index (κ1) is 38.2. The van der Waals surface area contributed by atoms with E-state index < -0.39 is 30.1 Å². The van der Waals surface area contributed by atoms with Crippen molar-refractivity contribution in [1.82, 2.24) is 21.3 Å². The van der Waals surface area contributed by atoms with Crippen molar-refractivity contribution in [3.63, 3.8) is 0 Å². The summed E-state index contributed by atoms with van der Waals surface area (Å²) in [7, 11) is 1.54. The molecule has 10 nitrogen and oxygen atoms in total. The van der Waals surface area contributed by atoms with E-state index in [0.29, 0.717) is 36.3 Å². The zero-order valence-corrected chi connectivity index (χ0v) is 28.2. The van der Waals surface area contributed by atoms with Gasteiger partial charge < -0.3 is 31.1 Å². The average Bonchev–Trinajstić information content (AvgIpc) is 2.93. The van der Waals surface area contributed by atoms with Gasteiger partial charge in [-0.25, -0.2) is 0 Å². The van der Waals surface area contributed by atoms with Crippen LogP contribution < -0.4 is 26.0 Å². The van der Waals surface area contributed by atoms with E-state index in [2.05, 4.69) is 21.3 Å². The van der Waals surface area contributed by atoms with Crippen LogP contribution in [0.25, 0.3) is 0 Å². The van der Waals surface area contributed by atoms with Crippen LogP contribution >= 0.6 is 11.8 Å². The first-order chi connectivity index (χ1) is 20.2. The van der Waals surface area contributed by atoms with E-state index in [4.69, 9.17) is 4.74 Å². The van der Waals surface area contributed by atoms with Crippen molar-refractivity contribution < 1.29 is 29.0 Å². The molecule has 1 aromatic carbocycles. The largest absolute Gasteiger partial charge is 0.497 e. The van der Waals surface area contributed by atoms with Crippen LogP contribution in [-0.2, 0) is 14.4 Å². The molecule has 5 N–H and O–H groups in total. The predicted molar refractivity (Wildman–Crippen MR) is 173 cm³/mol. The van der Waals surface area contributed by atoms with E-state index in [1.165, 1.54) is 0 Å². The van der Waals surface area contributed by atoms with E-state index in [0.717, 1.165) is 0 Å². The summed E-state index contributed by atoms with van der Waals surface area (Å²) in [6.45, 7) is 13.4. The predicted octanol–water partition coefficient (Wildman–Crippen LogP) is 3.52. The summed E-state index contributed by atoms with van der Waals surface area (Å²) in [5.41, 5.74) is 0.402. The Morgan fingerprint density at radius 1 is 0.767 bits per heavy atom. The van der Waals surface area contributed by atoms with E-state index in [9.17, 15) is 24.3 Å². The third-order valence-electron chi connectivity index (χ3n) is 6.92. The SMILES string of the molecule is COc1ccc(C(=O)N[C@@H](CCSC)C(=O)N[C@@H](CC(C)C)[C@@H](O)C[C@@H](C)C(=O)N[C@@H](CC(C)C)C(=O)NC(C)C)cc1. The number of benzene rings is 1. The lowest BCUT2D eigenvalue weighted by Crippen LogP contribution is -2.54. The lowest BCUT2D eigenvalue weighted by Gasteiger charge is -2.30. The summed E-state index contributed by atoms with van der Waals surface area (Å²) in [6.07, 6.45) is 2.39. The number of carbonyl (C=O) groups excluding carboxylic acids is 4. The molecule has 0 aliphatic carbocycles. The molecule has 5 atom stereocenters. The Labute approximate surface area is 262 Å². The molecule has 1 rings (SSSR count). The van der Waals surface area contributed by atoms with Crippen LogP contribution in [0.4, 0.5) is 0 Å². The molecule has 4 amide bonds. The lowest BCUT2D eigenvalue weighted by atomic mass is 9.91. The van der Waals surface area contributed by atoms with Crippen LogP contribution in [0.15, 0.2) is 24.3 Å². The Morgan fingerprint density at radius 2 is 1.35 bits per heavy atom. The third kappa shape index (κ3) is 14.5. The zero-order valence-electron chi connectivity index (χ0n) is 27.4. The van der Waals surface area contributed by atoms with Gasteiger partial charge in [-0.3, -0.25) is 19.2 Å². The summed E-state index contributed by atoms with van der Waals surface area (Å²) in [6, 6.07) is 4.46. The quantitative estimate of drug-likeness (QED) is 0.159. The maximum absolute atomic E-state index is 13.5. The van der Waals surface area contributed by atoms with Gasteiger partial charge in [0, 0.05) is 17.5 Å². The molecule has 0 radical (unpaired) electrons. The van der Waals surface area contributed by atoms with Crippen molar-refractivity contribution in [1.29, 1.82) is 0 Å². The lowest BCUT2D eigenvalue weighted by molar-refractivity contribution is -0.132. The van der Waals surface area contributed by atoms with Gasteiger partial charge in [0.2, 0.25) is 17.7 Å². The monoisotopic (exact) mass is 622 g/mol. The molecule has 0 aliphatic heterocycles. The van der Waals surface area contributed by atoms with Gasteiger partial charge in [0.15, 0.2) is 0 Å². The maximum Gasteiger partial charge on any atom is 0.251 e. The summed E-state index contributed by atoms with van der Waals surface area (Å²) in [5.74, 6) is -0.326. The van der Waals surface area contributed by atoms with Gasteiger partial charge in [-0.05, 0) is 87.6 Å². The van der Waals surface area contributed by atoms with Gasteiger partial charge in [0.25, 0.3) is 5.91 Å². The molecule has 1 aromatic rings. The smallest absolute Gasteiger partial charge is 0.251 e. The number of hydrogen-bond acceptors (Lipinski definition) is 7.